The van der Waals surface area contributed by atoms with E-state index >= 15 is 0 Å². The van der Waals surface area contributed by atoms with Gasteiger partial charge in [-0.15, -0.1) is 0 Å². The lowest BCUT2D eigenvalue weighted by atomic mass is 9.94. The highest BCUT2D eigenvalue weighted by atomic mass is 16.5. The van der Waals surface area contributed by atoms with Crippen molar-refractivity contribution in [2.45, 2.75) is 44.8 Å². The number of hydrogen-bond acceptors (Lipinski definition) is 5. The largest absolute Gasteiger partial charge is 0.376 e. The van der Waals surface area contributed by atoms with Crippen LogP contribution in [0.4, 0.5) is 5.82 Å². The van der Waals surface area contributed by atoms with E-state index in [1.54, 1.807) is 12.1 Å². The van der Waals surface area contributed by atoms with Gasteiger partial charge in [0.2, 0.25) is 5.91 Å². The highest BCUT2D eigenvalue weighted by molar-refractivity contribution is 5.93. The van der Waals surface area contributed by atoms with E-state index in [-0.39, 0.29) is 0 Å². The first-order chi connectivity index (χ1) is 10.0. The molecular formula is C15H24N4O2. The van der Waals surface area contributed by atoms with Crippen molar-refractivity contribution in [3.63, 3.8) is 0 Å². The number of nitrogens with zero attached hydrogens (tertiary/aromatic N) is 1. The standard InChI is InChI=1S/C15H24N4O2/c1-10-8-11(15(17)20)9-14(19-10)18-6-7-21-13-4-2-12(16)3-5-13/h8-9,12-13H,2-7,16H2,1H3,(H2,17,20)(H,18,19). The van der Waals surface area contributed by atoms with Crippen molar-refractivity contribution in [2.24, 2.45) is 11.5 Å². The lowest BCUT2D eigenvalue weighted by Crippen LogP contribution is -2.31. The molecular weight excluding hydrogens is 268 g/mol. The number of anilines is 1. The van der Waals surface area contributed by atoms with Gasteiger partial charge >= 0.3 is 0 Å². The highest BCUT2D eigenvalue weighted by Crippen LogP contribution is 2.19. The minimum atomic E-state index is -0.446. The Morgan fingerprint density at radius 2 is 2.10 bits per heavy atom. The van der Waals surface area contributed by atoms with Crippen LogP contribution < -0.4 is 16.8 Å². The zero-order valence-electron chi connectivity index (χ0n) is 12.5. The van der Waals surface area contributed by atoms with Crippen LogP contribution in [0.1, 0.15) is 41.7 Å². The Bertz CT molecular complexity index is 485. The van der Waals surface area contributed by atoms with Crippen molar-refractivity contribution in [3.05, 3.63) is 23.4 Å². The number of amides is 1. The molecule has 6 nitrogen and oxygen atoms in total. The summed E-state index contributed by atoms with van der Waals surface area (Å²) in [5, 5.41) is 3.16. The molecule has 1 fully saturated rings. The maximum atomic E-state index is 11.2. The fraction of sp³-hybridized carbons (Fsp3) is 0.600. The third-order valence-electron chi connectivity index (χ3n) is 3.72. The van der Waals surface area contributed by atoms with Gasteiger partial charge in [0.25, 0.3) is 0 Å². The molecule has 0 bridgehead atoms. The quantitative estimate of drug-likeness (QED) is 0.683. The average molecular weight is 292 g/mol. The molecule has 1 saturated carbocycles. The molecule has 6 heteroatoms. The minimum Gasteiger partial charge on any atom is -0.376 e. The summed E-state index contributed by atoms with van der Waals surface area (Å²) in [6, 6.07) is 3.68. The average Bonchev–Trinajstić information content (AvgIpc) is 2.45. The van der Waals surface area contributed by atoms with Crippen LogP contribution in [0.25, 0.3) is 0 Å². The minimum absolute atomic E-state index is 0.318. The number of carbonyl (C=O) groups is 1. The molecule has 1 aromatic rings. The van der Waals surface area contributed by atoms with E-state index in [9.17, 15) is 4.79 Å². The fourth-order valence-electron chi connectivity index (χ4n) is 2.56. The molecule has 0 radical (unpaired) electrons. The topological polar surface area (TPSA) is 103 Å². The number of ether oxygens (including phenoxy) is 1. The number of primary amides is 1. The summed E-state index contributed by atoms with van der Waals surface area (Å²) in [6.45, 7) is 3.10. The first kappa shape index (κ1) is 15.7. The van der Waals surface area contributed by atoms with E-state index in [0.717, 1.165) is 31.4 Å². The molecule has 1 heterocycles. The number of aryl methyl sites for hydroxylation is 1. The smallest absolute Gasteiger partial charge is 0.248 e. The second kappa shape index (κ2) is 7.38. The number of nitrogens with one attached hydrogen (secondary N) is 1. The molecule has 21 heavy (non-hydrogen) atoms. The van der Waals surface area contributed by atoms with Gasteiger partial charge < -0.3 is 21.5 Å². The molecule has 1 aliphatic rings. The molecule has 2 rings (SSSR count). The molecule has 0 unspecified atom stereocenters. The van der Waals surface area contributed by atoms with Gasteiger partial charge in [-0.25, -0.2) is 4.98 Å². The van der Waals surface area contributed by atoms with Gasteiger partial charge in [-0.1, -0.05) is 0 Å². The summed E-state index contributed by atoms with van der Waals surface area (Å²) in [6.07, 6.45) is 4.47. The van der Waals surface area contributed by atoms with Gasteiger partial charge in [0, 0.05) is 23.8 Å². The summed E-state index contributed by atoms with van der Waals surface area (Å²) in [7, 11) is 0. The van der Waals surface area contributed by atoms with Crippen LogP contribution in [0.3, 0.4) is 0 Å². The van der Waals surface area contributed by atoms with Crippen molar-refractivity contribution in [1.82, 2.24) is 4.98 Å². The Labute approximate surface area is 125 Å². The Balaban J connectivity index is 1.74. The molecule has 0 saturated heterocycles. The van der Waals surface area contributed by atoms with E-state index in [4.69, 9.17) is 16.2 Å². The maximum absolute atomic E-state index is 11.2. The number of nitrogens with two attached hydrogens (primary N) is 2. The van der Waals surface area contributed by atoms with Crippen LogP contribution in [0, 0.1) is 6.92 Å². The van der Waals surface area contributed by atoms with Crippen LogP contribution in [-0.2, 0) is 4.74 Å². The van der Waals surface area contributed by atoms with Gasteiger partial charge in [-0.2, -0.15) is 0 Å². The summed E-state index contributed by atoms with van der Waals surface area (Å²) in [4.78, 5) is 15.5. The third kappa shape index (κ3) is 4.99. The summed E-state index contributed by atoms with van der Waals surface area (Å²) in [5.74, 6) is 0.205. The van der Waals surface area contributed by atoms with Crippen LogP contribution in [-0.4, -0.2) is 36.2 Å². The molecule has 1 aliphatic carbocycles. The lowest BCUT2D eigenvalue weighted by molar-refractivity contribution is 0.0313. The van der Waals surface area contributed by atoms with Gasteiger partial charge in [-0.05, 0) is 44.7 Å². The molecule has 0 spiro atoms. The van der Waals surface area contributed by atoms with Crippen molar-refractivity contribution in [1.29, 1.82) is 0 Å². The first-order valence-corrected chi connectivity index (χ1v) is 7.44. The van der Waals surface area contributed by atoms with E-state index in [1.165, 1.54) is 0 Å². The van der Waals surface area contributed by atoms with E-state index < -0.39 is 5.91 Å². The second-order valence-electron chi connectivity index (χ2n) is 5.58. The second-order valence-corrected chi connectivity index (χ2v) is 5.58. The molecule has 0 aliphatic heterocycles. The fourth-order valence-corrected chi connectivity index (χ4v) is 2.56. The normalized spacial score (nSPS) is 22.0. The molecule has 1 aromatic heterocycles. The van der Waals surface area contributed by atoms with Gasteiger partial charge in [0.15, 0.2) is 0 Å². The first-order valence-electron chi connectivity index (χ1n) is 7.44. The van der Waals surface area contributed by atoms with E-state index in [2.05, 4.69) is 10.3 Å². The van der Waals surface area contributed by atoms with Crippen molar-refractivity contribution in [2.75, 3.05) is 18.5 Å². The van der Waals surface area contributed by atoms with Crippen molar-refractivity contribution < 1.29 is 9.53 Å². The number of hydrogen-bond donors (Lipinski definition) is 3. The Morgan fingerprint density at radius 3 is 2.76 bits per heavy atom. The third-order valence-corrected chi connectivity index (χ3v) is 3.72. The van der Waals surface area contributed by atoms with Crippen LogP contribution in [0.2, 0.25) is 0 Å². The Morgan fingerprint density at radius 1 is 1.38 bits per heavy atom. The maximum Gasteiger partial charge on any atom is 0.248 e. The Kier molecular flexibility index (Phi) is 5.52. The van der Waals surface area contributed by atoms with Crippen LogP contribution >= 0.6 is 0 Å². The predicted molar refractivity (Wildman–Crippen MR) is 82.2 cm³/mol. The lowest BCUT2D eigenvalue weighted by Gasteiger charge is -2.26. The number of carbonyl (C=O) groups excluding carboxylic acids is 1. The van der Waals surface area contributed by atoms with E-state index in [1.807, 2.05) is 6.92 Å². The predicted octanol–water partition coefficient (Wildman–Crippen LogP) is 1.19. The number of pyridine rings is 1. The van der Waals surface area contributed by atoms with Crippen LogP contribution in [0.15, 0.2) is 12.1 Å². The SMILES string of the molecule is Cc1cc(C(N)=O)cc(NCCOC2CCC(N)CC2)n1. The highest BCUT2D eigenvalue weighted by Gasteiger charge is 2.18. The molecule has 0 atom stereocenters. The molecule has 5 N–H and O–H groups in total. The number of rotatable bonds is 6. The summed E-state index contributed by atoms with van der Waals surface area (Å²) < 4.78 is 5.82. The summed E-state index contributed by atoms with van der Waals surface area (Å²) >= 11 is 0. The molecule has 0 aromatic carbocycles. The van der Waals surface area contributed by atoms with E-state index in [0.29, 0.717) is 36.7 Å². The monoisotopic (exact) mass is 292 g/mol. The van der Waals surface area contributed by atoms with Crippen LogP contribution in [0.5, 0.6) is 0 Å². The van der Waals surface area contributed by atoms with Crippen molar-refractivity contribution >= 4 is 11.7 Å². The zero-order valence-corrected chi connectivity index (χ0v) is 12.5. The Hall–Kier alpha value is -1.66. The van der Waals surface area contributed by atoms with Gasteiger partial charge in [-0.3, -0.25) is 4.79 Å². The van der Waals surface area contributed by atoms with Gasteiger partial charge in [0.05, 0.1) is 12.7 Å². The zero-order chi connectivity index (χ0) is 15.2. The summed E-state index contributed by atoms with van der Waals surface area (Å²) in [5.41, 5.74) is 12.4. The van der Waals surface area contributed by atoms with Gasteiger partial charge in [0.1, 0.15) is 5.82 Å². The molecule has 1 amide bonds. The van der Waals surface area contributed by atoms with Crippen molar-refractivity contribution in [3.8, 4) is 0 Å². The number of aromatic nitrogens is 1. The molecule has 116 valence electrons.